The minimum absolute atomic E-state index is 0.320. The molecule has 1 unspecified atom stereocenters. The summed E-state index contributed by atoms with van der Waals surface area (Å²) >= 11 is 0. The largest absolute Gasteiger partial charge is 0.368 e. The van der Waals surface area contributed by atoms with Crippen molar-refractivity contribution in [2.45, 2.75) is 44.1 Å². The second-order valence-electron chi connectivity index (χ2n) is 5.37. The highest BCUT2D eigenvalue weighted by Crippen LogP contribution is 2.38. The number of hydrogen-bond donors (Lipinski definition) is 2. The Bertz CT molecular complexity index is 257. The van der Waals surface area contributed by atoms with E-state index in [1.165, 1.54) is 25.7 Å². The number of likely N-dealkylation sites (tertiary alicyclic amines) is 1. The van der Waals surface area contributed by atoms with Crippen LogP contribution in [0.15, 0.2) is 0 Å². The molecule has 4 heteroatoms. The third-order valence-electron chi connectivity index (χ3n) is 3.95. The van der Waals surface area contributed by atoms with Gasteiger partial charge in [0.15, 0.2) is 0 Å². The van der Waals surface area contributed by atoms with Crippen molar-refractivity contribution in [2.75, 3.05) is 19.6 Å². The maximum Gasteiger partial charge on any atom is 0.239 e. The van der Waals surface area contributed by atoms with E-state index in [0.29, 0.717) is 12.5 Å². The smallest absolute Gasteiger partial charge is 0.239 e. The quantitative estimate of drug-likeness (QED) is 0.730. The molecule has 1 heterocycles. The Kier molecular flexibility index (Phi) is 3.50. The summed E-state index contributed by atoms with van der Waals surface area (Å²) in [5.41, 5.74) is 10.9. The van der Waals surface area contributed by atoms with Crippen molar-refractivity contribution in [3.63, 3.8) is 0 Å². The molecular weight excluding hydrogens is 202 g/mol. The van der Waals surface area contributed by atoms with E-state index < -0.39 is 5.54 Å². The molecule has 92 valence electrons. The molecule has 1 saturated heterocycles. The van der Waals surface area contributed by atoms with E-state index in [1.807, 2.05) is 0 Å². The second kappa shape index (κ2) is 4.72. The molecule has 4 nitrogen and oxygen atoms in total. The first-order chi connectivity index (χ1) is 7.63. The molecule has 1 atom stereocenters. The van der Waals surface area contributed by atoms with Crippen LogP contribution in [0, 0.1) is 5.92 Å². The lowest BCUT2D eigenvalue weighted by Gasteiger charge is -2.32. The number of primary amides is 1. The average Bonchev–Trinajstić information content (AvgIpc) is 3.05. The van der Waals surface area contributed by atoms with E-state index in [1.54, 1.807) is 0 Å². The Morgan fingerprint density at radius 3 is 2.19 bits per heavy atom. The first kappa shape index (κ1) is 11.9. The molecule has 1 amide bonds. The Morgan fingerprint density at radius 1 is 1.19 bits per heavy atom. The van der Waals surface area contributed by atoms with Gasteiger partial charge in [-0.3, -0.25) is 4.79 Å². The van der Waals surface area contributed by atoms with Crippen LogP contribution in [0.5, 0.6) is 0 Å². The molecule has 0 bridgehead atoms. The minimum Gasteiger partial charge on any atom is -0.368 e. The van der Waals surface area contributed by atoms with Crippen molar-refractivity contribution in [3.05, 3.63) is 0 Å². The molecule has 2 fully saturated rings. The van der Waals surface area contributed by atoms with Crippen molar-refractivity contribution in [2.24, 2.45) is 17.4 Å². The van der Waals surface area contributed by atoms with E-state index in [2.05, 4.69) is 4.90 Å². The molecule has 0 aromatic carbocycles. The zero-order valence-corrected chi connectivity index (χ0v) is 9.95. The van der Waals surface area contributed by atoms with Crippen LogP contribution in [-0.4, -0.2) is 36.0 Å². The van der Waals surface area contributed by atoms with Gasteiger partial charge in [-0.15, -0.1) is 0 Å². The van der Waals surface area contributed by atoms with Crippen molar-refractivity contribution in [3.8, 4) is 0 Å². The molecule has 0 radical (unpaired) electrons. The van der Waals surface area contributed by atoms with Crippen LogP contribution in [0.4, 0.5) is 0 Å². The van der Waals surface area contributed by atoms with E-state index in [4.69, 9.17) is 11.5 Å². The summed E-state index contributed by atoms with van der Waals surface area (Å²) in [6, 6.07) is 0. The molecule has 1 aliphatic carbocycles. The summed E-state index contributed by atoms with van der Waals surface area (Å²) in [6.45, 7) is 2.80. The van der Waals surface area contributed by atoms with Crippen LogP contribution in [-0.2, 0) is 4.79 Å². The summed E-state index contributed by atoms with van der Waals surface area (Å²) in [6.07, 6.45) is 7.17. The zero-order valence-electron chi connectivity index (χ0n) is 9.95. The number of nitrogens with zero attached hydrogens (tertiary/aromatic N) is 1. The first-order valence-corrected chi connectivity index (χ1v) is 6.44. The van der Waals surface area contributed by atoms with Gasteiger partial charge in [0.25, 0.3) is 0 Å². The van der Waals surface area contributed by atoms with E-state index in [-0.39, 0.29) is 5.91 Å². The molecule has 2 rings (SSSR count). The Labute approximate surface area is 97.3 Å². The number of carbonyl (C=O) groups is 1. The van der Waals surface area contributed by atoms with Gasteiger partial charge in [-0.1, -0.05) is 12.8 Å². The van der Waals surface area contributed by atoms with Gasteiger partial charge in [0.2, 0.25) is 5.91 Å². The number of hydrogen-bond acceptors (Lipinski definition) is 3. The van der Waals surface area contributed by atoms with Gasteiger partial charge in [0.05, 0.1) is 0 Å². The van der Waals surface area contributed by atoms with E-state index >= 15 is 0 Å². The van der Waals surface area contributed by atoms with Crippen molar-refractivity contribution in [1.29, 1.82) is 0 Å². The van der Waals surface area contributed by atoms with Gasteiger partial charge in [-0.05, 0) is 44.7 Å². The Morgan fingerprint density at radius 2 is 1.75 bits per heavy atom. The molecule has 4 N–H and O–H groups in total. The average molecular weight is 225 g/mol. The predicted octanol–water partition coefficient (Wildman–Crippen LogP) is 0.455. The van der Waals surface area contributed by atoms with Gasteiger partial charge in [-0.25, -0.2) is 0 Å². The summed E-state index contributed by atoms with van der Waals surface area (Å²) < 4.78 is 0. The highest BCUT2D eigenvalue weighted by molar-refractivity contribution is 5.85. The van der Waals surface area contributed by atoms with Crippen molar-refractivity contribution in [1.82, 2.24) is 4.90 Å². The number of carbonyl (C=O) groups excluding carboxylic acids is 1. The summed E-state index contributed by atoms with van der Waals surface area (Å²) in [5, 5.41) is 0. The monoisotopic (exact) mass is 225 g/mol. The normalized spacial score (nSPS) is 27.1. The number of rotatable bonds is 4. The lowest BCUT2D eigenvalue weighted by Crippen LogP contribution is -2.60. The molecule has 0 aromatic rings. The first-order valence-electron chi connectivity index (χ1n) is 6.44. The third kappa shape index (κ3) is 2.55. The van der Waals surface area contributed by atoms with Crippen LogP contribution < -0.4 is 11.5 Å². The molecule has 0 aromatic heterocycles. The van der Waals surface area contributed by atoms with Crippen LogP contribution >= 0.6 is 0 Å². The fraction of sp³-hybridized carbons (Fsp3) is 0.917. The highest BCUT2D eigenvalue weighted by Gasteiger charge is 2.47. The van der Waals surface area contributed by atoms with Crippen LogP contribution in [0.2, 0.25) is 0 Å². The Balaban J connectivity index is 1.96. The lowest BCUT2D eigenvalue weighted by molar-refractivity contribution is -0.124. The minimum atomic E-state index is -0.773. The zero-order chi connectivity index (χ0) is 11.6. The summed E-state index contributed by atoms with van der Waals surface area (Å²) in [4.78, 5) is 13.9. The number of nitrogens with two attached hydrogens (primary N) is 2. The lowest BCUT2D eigenvalue weighted by atomic mass is 9.93. The molecule has 2 aliphatic rings. The number of amides is 1. The fourth-order valence-electron chi connectivity index (χ4n) is 2.67. The second-order valence-corrected chi connectivity index (χ2v) is 5.37. The SMILES string of the molecule is NC(=O)C(N)(CN1CCCCCC1)C1CC1. The van der Waals surface area contributed by atoms with Crippen LogP contribution in [0.1, 0.15) is 38.5 Å². The molecular formula is C12H23N3O. The molecule has 1 aliphatic heterocycles. The van der Waals surface area contributed by atoms with E-state index in [9.17, 15) is 4.79 Å². The van der Waals surface area contributed by atoms with Gasteiger partial charge in [0, 0.05) is 6.54 Å². The van der Waals surface area contributed by atoms with Gasteiger partial charge >= 0.3 is 0 Å². The molecule has 0 spiro atoms. The maximum atomic E-state index is 11.5. The molecule has 16 heavy (non-hydrogen) atoms. The van der Waals surface area contributed by atoms with Crippen LogP contribution in [0.25, 0.3) is 0 Å². The fourth-order valence-corrected chi connectivity index (χ4v) is 2.67. The topological polar surface area (TPSA) is 72.3 Å². The summed E-state index contributed by atoms with van der Waals surface area (Å²) in [7, 11) is 0. The summed E-state index contributed by atoms with van der Waals surface area (Å²) in [5.74, 6) is 0.00694. The van der Waals surface area contributed by atoms with Gasteiger partial charge < -0.3 is 16.4 Å². The third-order valence-corrected chi connectivity index (χ3v) is 3.95. The van der Waals surface area contributed by atoms with E-state index in [0.717, 1.165) is 25.9 Å². The predicted molar refractivity (Wildman–Crippen MR) is 63.7 cm³/mol. The maximum absolute atomic E-state index is 11.5. The van der Waals surface area contributed by atoms with Gasteiger partial charge in [-0.2, -0.15) is 0 Å². The van der Waals surface area contributed by atoms with Gasteiger partial charge in [0.1, 0.15) is 5.54 Å². The van der Waals surface area contributed by atoms with Crippen molar-refractivity contribution < 1.29 is 4.79 Å². The standard InChI is InChI=1S/C12H23N3O/c13-11(16)12(14,10-5-6-10)9-15-7-3-1-2-4-8-15/h10H,1-9,14H2,(H2,13,16). The molecule has 1 saturated carbocycles. The highest BCUT2D eigenvalue weighted by atomic mass is 16.1. The Hall–Kier alpha value is -0.610. The van der Waals surface area contributed by atoms with Crippen molar-refractivity contribution >= 4 is 5.91 Å². The van der Waals surface area contributed by atoms with Crippen LogP contribution in [0.3, 0.4) is 0 Å².